The Hall–Kier alpha value is -1.30. The molecule has 6 heterocycles. The molecule has 0 aliphatic rings. The lowest BCUT2D eigenvalue weighted by Gasteiger charge is -2.19. The van der Waals surface area contributed by atoms with Crippen LogP contribution in [0.4, 0.5) is 0 Å². The molecule has 0 fully saturated rings. The molecule has 10 heteroatoms. The van der Waals surface area contributed by atoms with Gasteiger partial charge < -0.3 is 9.13 Å². The molecule has 6 aromatic rings. The van der Waals surface area contributed by atoms with Gasteiger partial charge in [-0.3, -0.25) is 9.59 Å². The molecule has 0 aliphatic carbocycles. The van der Waals surface area contributed by atoms with Crippen LogP contribution in [0, 0.1) is 11.8 Å². The van der Waals surface area contributed by atoms with Gasteiger partial charge in [0.2, 0.25) is 0 Å². The number of hydrogen-bond donors (Lipinski definition) is 0. The van der Waals surface area contributed by atoms with Crippen LogP contribution in [0.5, 0.6) is 0 Å². The van der Waals surface area contributed by atoms with Crippen LogP contribution >= 0.6 is 77.2 Å². The number of pyridine rings is 2. The highest BCUT2D eigenvalue weighted by atomic mass is 79.9. The van der Waals surface area contributed by atoms with Crippen molar-refractivity contribution in [3.05, 3.63) is 52.5 Å². The minimum atomic E-state index is 0.144. The predicted octanol–water partition coefficient (Wildman–Crippen LogP) is 21.9. The zero-order chi connectivity index (χ0) is 48.1. The summed E-state index contributed by atoms with van der Waals surface area (Å²) in [6.45, 7) is 10.8. The second-order valence-corrected chi connectivity index (χ2v) is 27.4. The van der Waals surface area contributed by atoms with Crippen molar-refractivity contribution in [3.63, 3.8) is 0 Å². The first-order chi connectivity index (χ1) is 33.3. The second kappa shape index (κ2) is 30.7. The van der Waals surface area contributed by atoms with E-state index in [1.807, 2.05) is 0 Å². The molecule has 0 bridgehead atoms. The summed E-state index contributed by atoms with van der Waals surface area (Å²) in [5.74, 6) is 0.999. The number of thiophene rings is 4. The lowest BCUT2D eigenvalue weighted by molar-refractivity contribution is 0.358. The van der Waals surface area contributed by atoms with Crippen LogP contribution < -0.4 is 11.1 Å². The minimum absolute atomic E-state index is 0.144. The zero-order valence-corrected chi connectivity index (χ0v) is 49.0. The third-order valence-corrected chi connectivity index (χ3v) is 20.8. The molecule has 0 saturated heterocycles. The number of fused-ring (bicyclic) bond motifs is 6. The molecule has 0 aromatic carbocycles. The Balaban J connectivity index is 1.26. The van der Waals surface area contributed by atoms with Gasteiger partial charge in [0.25, 0.3) is 11.1 Å². The molecule has 0 spiro atoms. The van der Waals surface area contributed by atoms with E-state index in [1.54, 1.807) is 45.3 Å². The average molecular weight is 1130 g/mol. The number of nitrogens with zero attached hydrogens (tertiary/aromatic N) is 2. The third-order valence-electron chi connectivity index (χ3n) is 14.8. The van der Waals surface area contributed by atoms with Crippen molar-refractivity contribution in [1.82, 2.24) is 9.13 Å². The van der Waals surface area contributed by atoms with Crippen molar-refractivity contribution in [2.75, 3.05) is 0 Å². The fourth-order valence-corrected chi connectivity index (χ4v) is 16.6. The Bertz CT molecular complexity index is 2330. The highest BCUT2D eigenvalue weighted by Gasteiger charge is 2.24. The van der Waals surface area contributed by atoms with E-state index in [2.05, 4.69) is 93.0 Å². The number of rotatable bonds is 37. The molecular formula is C58H86Br2N2O2S4. The largest absolute Gasteiger partial charge is 0.306 e. The van der Waals surface area contributed by atoms with Crippen LogP contribution in [0.2, 0.25) is 0 Å². The molecule has 0 saturated carbocycles. The van der Waals surface area contributed by atoms with Gasteiger partial charge in [-0.2, -0.15) is 0 Å². The maximum absolute atomic E-state index is 14.8. The van der Waals surface area contributed by atoms with E-state index >= 15 is 0 Å². The Morgan fingerprint density at radius 3 is 0.956 bits per heavy atom. The maximum Gasteiger partial charge on any atom is 0.259 e. The summed E-state index contributed by atoms with van der Waals surface area (Å²) in [5, 5.41) is 1.66. The summed E-state index contributed by atoms with van der Waals surface area (Å²) >= 11 is 14.7. The van der Waals surface area contributed by atoms with E-state index < -0.39 is 0 Å². The Morgan fingerprint density at radius 1 is 0.382 bits per heavy atom. The van der Waals surface area contributed by atoms with Crippen LogP contribution in [0.15, 0.2) is 41.4 Å². The molecule has 0 N–H and O–H groups in total. The van der Waals surface area contributed by atoms with Crippen molar-refractivity contribution in [3.8, 4) is 9.75 Å². The Kier molecular flexibility index (Phi) is 25.3. The van der Waals surface area contributed by atoms with Crippen molar-refractivity contribution in [2.24, 2.45) is 11.8 Å². The summed E-state index contributed by atoms with van der Waals surface area (Å²) in [4.78, 5) is 31.9. The summed E-state index contributed by atoms with van der Waals surface area (Å²) in [7, 11) is 0. The van der Waals surface area contributed by atoms with Gasteiger partial charge >= 0.3 is 0 Å². The van der Waals surface area contributed by atoms with E-state index in [1.165, 1.54) is 215 Å². The molecule has 4 nitrogen and oxygen atoms in total. The van der Waals surface area contributed by atoms with Crippen molar-refractivity contribution < 1.29 is 0 Å². The van der Waals surface area contributed by atoms with Crippen molar-refractivity contribution in [1.29, 1.82) is 0 Å². The van der Waals surface area contributed by atoms with Crippen LogP contribution in [-0.2, 0) is 13.1 Å². The molecule has 6 aromatic heterocycles. The Labute approximate surface area is 443 Å². The summed E-state index contributed by atoms with van der Waals surface area (Å²) < 4.78 is 11.0. The number of hydrogen-bond acceptors (Lipinski definition) is 6. The molecule has 378 valence electrons. The van der Waals surface area contributed by atoms with Gasteiger partial charge in [-0.05, 0) is 93.6 Å². The number of halogens is 2. The summed E-state index contributed by atoms with van der Waals surface area (Å²) in [6.07, 6.45) is 41.7. The Morgan fingerprint density at radius 2 is 0.662 bits per heavy atom. The highest BCUT2D eigenvalue weighted by Crippen LogP contribution is 2.46. The fourth-order valence-electron chi connectivity index (χ4n) is 10.7. The van der Waals surface area contributed by atoms with Crippen LogP contribution in [0.25, 0.3) is 50.4 Å². The molecular weight excluding hydrogens is 1040 g/mol. The quantitative estimate of drug-likeness (QED) is 0.0365. The summed E-state index contributed by atoms with van der Waals surface area (Å²) in [5.41, 5.74) is 2.43. The first-order valence-corrected chi connectivity index (χ1v) is 32.6. The van der Waals surface area contributed by atoms with E-state index in [9.17, 15) is 9.59 Å². The minimum Gasteiger partial charge on any atom is -0.306 e. The molecule has 6 rings (SSSR count). The smallest absolute Gasteiger partial charge is 0.259 e. The average Bonchev–Trinajstić information content (AvgIpc) is 4.15. The first-order valence-electron chi connectivity index (χ1n) is 27.8. The van der Waals surface area contributed by atoms with Crippen LogP contribution in [-0.4, -0.2) is 9.13 Å². The van der Waals surface area contributed by atoms with E-state index in [-0.39, 0.29) is 11.1 Å². The van der Waals surface area contributed by atoms with E-state index in [4.69, 9.17) is 0 Å². The standard InChI is InChI=1S/C58H86Br2N2O2S4/c1-5-9-13-17-21-23-27-31-35-43(33-29-25-19-15-11-7-3)41-61-47-39-51(59)67-55(47)53-45(57(61)63)37-49(65-53)50-38-46-54(66-50)56-48(40-52(60)68-56)62(58(46)64)42-44(34-30-26-20-16-12-8-4)36-32-28-24-22-18-14-10-6-2/h37-40,43-44H,5-36,41-42H2,1-4H3. The lowest BCUT2D eigenvalue weighted by atomic mass is 9.93. The maximum atomic E-state index is 14.8. The fraction of sp³-hybridized carbons (Fsp3) is 0.690. The van der Waals surface area contributed by atoms with E-state index in [0.717, 1.165) is 61.6 Å². The van der Waals surface area contributed by atoms with Crippen molar-refractivity contribution >= 4 is 118 Å². The van der Waals surface area contributed by atoms with E-state index in [0.29, 0.717) is 11.8 Å². The SMILES string of the molecule is CCCCCCCCCCC(CCCCCCCC)Cn1c(=O)c2cc(-c3cc4c(=O)n(CC(CCCCCCCC)CCCCCCCCCC)c5cc(Br)sc5c4s3)sc2c2sc(Br)cc21. The molecule has 2 atom stereocenters. The summed E-state index contributed by atoms with van der Waals surface area (Å²) in [6, 6.07) is 8.72. The predicted molar refractivity (Wildman–Crippen MR) is 315 cm³/mol. The van der Waals surface area contributed by atoms with Crippen LogP contribution in [0.1, 0.15) is 233 Å². The highest BCUT2D eigenvalue weighted by molar-refractivity contribution is 9.11. The zero-order valence-electron chi connectivity index (χ0n) is 42.6. The van der Waals surface area contributed by atoms with Crippen molar-refractivity contribution in [2.45, 2.75) is 246 Å². The third kappa shape index (κ3) is 16.4. The second-order valence-electron chi connectivity index (χ2n) is 20.4. The van der Waals surface area contributed by atoms with Gasteiger partial charge in [0.05, 0.1) is 48.2 Å². The monoisotopic (exact) mass is 1130 g/mol. The van der Waals surface area contributed by atoms with Gasteiger partial charge in [-0.15, -0.1) is 45.3 Å². The van der Waals surface area contributed by atoms with Gasteiger partial charge in [-0.1, -0.05) is 207 Å². The van der Waals surface area contributed by atoms with Gasteiger partial charge in [-0.25, -0.2) is 0 Å². The number of aromatic nitrogens is 2. The molecule has 2 unspecified atom stereocenters. The van der Waals surface area contributed by atoms with Gasteiger partial charge in [0, 0.05) is 22.8 Å². The molecule has 0 amide bonds. The molecule has 0 radical (unpaired) electrons. The number of unbranched alkanes of at least 4 members (excludes halogenated alkanes) is 24. The van der Waals surface area contributed by atoms with Crippen LogP contribution in [0.3, 0.4) is 0 Å². The topological polar surface area (TPSA) is 44.0 Å². The molecule has 0 aliphatic heterocycles. The lowest BCUT2D eigenvalue weighted by Crippen LogP contribution is -2.24. The van der Waals surface area contributed by atoms with Gasteiger partial charge in [0.15, 0.2) is 0 Å². The molecule has 68 heavy (non-hydrogen) atoms. The van der Waals surface area contributed by atoms with Gasteiger partial charge in [0.1, 0.15) is 0 Å². The normalized spacial score (nSPS) is 13.1. The first kappa shape index (κ1) is 56.0.